The van der Waals surface area contributed by atoms with Gasteiger partial charge in [-0.1, -0.05) is 0 Å². The van der Waals surface area contributed by atoms with Gasteiger partial charge in [0.25, 0.3) is 0 Å². The zero-order chi connectivity index (χ0) is 14.8. The van der Waals surface area contributed by atoms with E-state index in [-0.39, 0.29) is 17.7 Å². The van der Waals surface area contributed by atoms with E-state index in [9.17, 15) is 4.79 Å². The molecule has 20 heavy (non-hydrogen) atoms. The number of rotatable bonds is 1. The van der Waals surface area contributed by atoms with Gasteiger partial charge in [-0.15, -0.1) is 0 Å². The normalized spacial score (nSPS) is 26.6. The van der Waals surface area contributed by atoms with Crippen molar-refractivity contribution in [3.05, 3.63) is 0 Å². The third-order valence-electron chi connectivity index (χ3n) is 3.79. The van der Waals surface area contributed by atoms with E-state index in [1.165, 1.54) is 0 Å². The molecule has 2 fully saturated rings. The van der Waals surface area contributed by atoms with Crippen molar-refractivity contribution in [2.75, 3.05) is 32.9 Å². The summed E-state index contributed by atoms with van der Waals surface area (Å²) in [4.78, 5) is 14.1. The molecule has 2 N–H and O–H groups in total. The van der Waals surface area contributed by atoms with Crippen LogP contribution in [0, 0.1) is 0 Å². The fourth-order valence-corrected chi connectivity index (χ4v) is 2.62. The van der Waals surface area contributed by atoms with Gasteiger partial charge in [-0.25, -0.2) is 4.79 Å². The Labute approximate surface area is 120 Å². The van der Waals surface area contributed by atoms with Crippen LogP contribution in [0.2, 0.25) is 0 Å². The maximum absolute atomic E-state index is 12.4. The topological polar surface area (TPSA) is 74.0 Å². The quantitative estimate of drug-likeness (QED) is 0.782. The first-order chi connectivity index (χ1) is 9.35. The highest BCUT2D eigenvalue weighted by atomic mass is 16.6. The number of amides is 1. The summed E-state index contributed by atoms with van der Waals surface area (Å²) in [7, 11) is 0. The molecule has 2 aliphatic rings. The van der Waals surface area contributed by atoms with Gasteiger partial charge in [0.15, 0.2) is 0 Å². The van der Waals surface area contributed by atoms with Crippen LogP contribution in [0.15, 0.2) is 0 Å². The van der Waals surface area contributed by atoms with Crippen LogP contribution in [0.5, 0.6) is 0 Å². The van der Waals surface area contributed by atoms with Gasteiger partial charge in [0.1, 0.15) is 5.60 Å². The number of hydrogen-bond donors (Lipinski definition) is 1. The van der Waals surface area contributed by atoms with E-state index in [4.69, 9.17) is 19.9 Å². The van der Waals surface area contributed by atoms with Gasteiger partial charge in [-0.3, -0.25) is 4.90 Å². The molecule has 6 heteroatoms. The van der Waals surface area contributed by atoms with E-state index < -0.39 is 5.60 Å². The summed E-state index contributed by atoms with van der Waals surface area (Å²) in [6.45, 7) is 8.34. The lowest BCUT2D eigenvalue weighted by Crippen LogP contribution is -2.62. The van der Waals surface area contributed by atoms with Crippen LogP contribution >= 0.6 is 0 Å². The molecule has 1 unspecified atom stereocenters. The number of nitrogens with two attached hydrogens (primary N) is 1. The standard InChI is InChI=1S/C14H26N2O4/c1-13(2,3)20-12(17)16-10-14(4-6-18-7-5-14)19-9-11(16)8-15/h11H,4-10,15H2,1-3H3. The summed E-state index contributed by atoms with van der Waals surface area (Å²) in [6, 6.07) is -0.113. The molecule has 0 saturated carbocycles. The summed E-state index contributed by atoms with van der Waals surface area (Å²) in [5.74, 6) is 0. The Morgan fingerprint density at radius 3 is 2.60 bits per heavy atom. The molecule has 116 valence electrons. The number of nitrogens with zero attached hydrogens (tertiary/aromatic N) is 1. The lowest BCUT2D eigenvalue weighted by atomic mass is 9.91. The Morgan fingerprint density at radius 1 is 1.40 bits per heavy atom. The molecule has 1 atom stereocenters. The Bertz CT molecular complexity index is 348. The van der Waals surface area contributed by atoms with Crippen molar-refractivity contribution in [2.45, 2.75) is 50.9 Å². The molecular formula is C14H26N2O4. The second-order valence-electron chi connectivity index (χ2n) is 6.60. The minimum Gasteiger partial charge on any atom is -0.444 e. The SMILES string of the molecule is CC(C)(C)OC(=O)N1CC2(CCOCC2)OCC1CN. The van der Waals surface area contributed by atoms with Crippen LogP contribution in [0.25, 0.3) is 0 Å². The smallest absolute Gasteiger partial charge is 0.410 e. The van der Waals surface area contributed by atoms with Crippen LogP contribution in [0.3, 0.4) is 0 Å². The first-order valence-corrected chi connectivity index (χ1v) is 7.27. The second-order valence-corrected chi connectivity index (χ2v) is 6.60. The fraction of sp³-hybridized carbons (Fsp3) is 0.929. The maximum atomic E-state index is 12.4. The minimum atomic E-state index is -0.503. The molecule has 1 spiro atoms. The molecule has 2 heterocycles. The summed E-state index contributed by atoms with van der Waals surface area (Å²) >= 11 is 0. The molecule has 0 aliphatic carbocycles. The predicted octanol–water partition coefficient (Wildman–Crippen LogP) is 1.13. The molecular weight excluding hydrogens is 260 g/mol. The Hall–Kier alpha value is -0.850. The molecule has 0 aromatic rings. The fourth-order valence-electron chi connectivity index (χ4n) is 2.62. The molecule has 0 aromatic carbocycles. The number of hydrogen-bond acceptors (Lipinski definition) is 5. The van der Waals surface area contributed by atoms with Gasteiger partial charge in [-0.05, 0) is 20.8 Å². The van der Waals surface area contributed by atoms with Gasteiger partial charge < -0.3 is 19.9 Å². The highest BCUT2D eigenvalue weighted by molar-refractivity contribution is 5.69. The average Bonchev–Trinajstić information content (AvgIpc) is 2.38. The number of carbonyl (C=O) groups excluding carboxylic acids is 1. The van der Waals surface area contributed by atoms with E-state index in [1.54, 1.807) is 4.90 Å². The van der Waals surface area contributed by atoms with Crippen molar-refractivity contribution in [3.63, 3.8) is 0 Å². The molecule has 6 nitrogen and oxygen atoms in total. The number of carbonyl (C=O) groups is 1. The minimum absolute atomic E-state index is 0.113. The van der Waals surface area contributed by atoms with Crippen molar-refractivity contribution < 1.29 is 19.0 Å². The molecule has 2 saturated heterocycles. The third kappa shape index (κ3) is 3.62. The van der Waals surface area contributed by atoms with E-state index >= 15 is 0 Å². The molecule has 2 rings (SSSR count). The highest BCUT2D eigenvalue weighted by Crippen LogP contribution is 2.31. The molecule has 2 aliphatic heterocycles. The van der Waals surface area contributed by atoms with E-state index in [0.717, 1.165) is 12.8 Å². The van der Waals surface area contributed by atoms with Gasteiger partial charge in [0, 0.05) is 32.6 Å². The summed E-state index contributed by atoms with van der Waals surface area (Å²) in [5.41, 5.74) is 4.97. The van der Waals surface area contributed by atoms with Gasteiger partial charge >= 0.3 is 6.09 Å². The Kier molecular flexibility index (Phi) is 4.56. The highest BCUT2D eigenvalue weighted by Gasteiger charge is 2.44. The van der Waals surface area contributed by atoms with Crippen LogP contribution < -0.4 is 5.73 Å². The van der Waals surface area contributed by atoms with Crippen molar-refractivity contribution in [1.82, 2.24) is 4.90 Å². The zero-order valence-electron chi connectivity index (χ0n) is 12.7. The van der Waals surface area contributed by atoms with Crippen LogP contribution in [-0.4, -0.2) is 61.1 Å². The monoisotopic (exact) mass is 286 g/mol. The molecule has 0 bridgehead atoms. The van der Waals surface area contributed by atoms with Crippen LogP contribution in [0.4, 0.5) is 4.79 Å². The lowest BCUT2D eigenvalue weighted by molar-refractivity contribution is -0.166. The van der Waals surface area contributed by atoms with E-state index in [2.05, 4.69) is 0 Å². The van der Waals surface area contributed by atoms with Gasteiger partial charge in [-0.2, -0.15) is 0 Å². The van der Waals surface area contributed by atoms with Gasteiger partial charge in [0.05, 0.1) is 24.8 Å². The van der Waals surface area contributed by atoms with Crippen molar-refractivity contribution in [3.8, 4) is 0 Å². The van der Waals surface area contributed by atoms with Crippen molar-refractivity contribution >= 4 is 6.09 Å². The molecule has 0 radical (unpaired) electrons. The van der Waals surface area contributed by atoms with Crippen LogP contribution in [-0.2, 0) is 14.2 Å². The first kappa shape index (κ1) is 15.5. The van der Waals surface area contributed by atoms with E-state index in [0.29, 0.717) is 32.9 Å². The molecule has 0 aromatic heterocycles. The number of morpholine rings is 1. The summed E-state index contributed by atoms with van der Waals surface area (Å²) in [6.07, 6.45) is 1.31. The van der Waals surface area contributed by atoms with E-state index in [1.807, 2.05) is 20.8 Å². The second kappa shape index (κ2) is 5.87. The predicted molar refractivity (Wildman–Crippen MR) is 74.5 cm³/mol. The average molecular weight is 286 g/mol. The Balaban J connectivity index is 2.08. The largest absolute Gasteiger partial charge is 0.444 e. The van der Waals surface area contributed by atoms with Gasteiger partial charge in [0.2, 0.25) is 0 Å². The van der Waals surface area contributed by atoms with Crippen molar-refractivity contribution in [2.24, 2.45) is 5.73 Å². The van der Waals surface area contributed by atoms with Crippen LogP contribution in [0.1, 0.15) is 33.6 Å². The maximum Gasteiger partial charge on any atom is 0.410 e. The third-order valence-corrected chi connectivity index (χ3v) is 3.79. The first-order valence-electron chi connectivity index (χ1n) is 7.27. The zero-order valence-corrected chi connectivity index (χ0v) is 12.7. The number of ether oxygens (including phenoxy) is 3. The summed E-state index contributed by atoms with van der Waals surface area (Å²) in [5, 5.41) is 0. The lowest BCUT2D eigenvalue weighted by Gasteiger charge is -2.48. The van der Waals surface area contributed by atoms with Crippen molar-refractivity contribution in [1.29, 1.82) is 0 Å². The Morgan fingerprint density at radius 2 is 2.05 bits per heavy atom. The molecule has 1 amide bonds. The summed E-state index contributed by atoms with van der Waals surface area (Å²) < 4.78 is 16.9.